The smallest absolute Gasteiger partial charge is 0.0534 e. The fourth-order valence-electron chi connectivity index (χ4n) is 2.39. The maximum Gasteiger partial charge on any atom is 0.0534 e. The minimum absolute atomic E-state index is 0.319. The van der Waals surface area contributed by atoms with Crippen LogP contribution in [-0.4, -0.2) is 18.5 Å². The molecule has 0 aliphatic carbocycles. The maximum atomic E-state index is 5.56. The third kappa shape index (κ3) is 3.11. The topological polar surface area (TPSA) is 9.23 Å². The summed E-state index contributed by atoms with van der Waals surface area (Å²) < 4.78 is 5.56. The van der Waals surface area contributed by atoms with Gasteiger partial charge in [-0.3, -0.25) is 0 Å². The molecule has 0 radical (unpaired) electrons. The number of halogens is 1. The molecule has 0 saturated carbocycles. The molecule has 17 heavy (non-hydrogen) atoms. The Bertz CT molecular complexity index is 350. The van der Waals surface area contributed by atoms with E-state index < -0.39 is 0 Å². The van der Waals surface area contributed by atoms with Gasteiger partial charge in [-0.2, -0.15) is 0 Å². The van der Waals surface area contributed by atoms with Crippen LogP contribution in [0.1, 0.15) is 37.3 Å². The zero-order valence-electron chi connectivity index (χ0n) is 10.7. The molecule has 1 atom stereocenters. The highest BCUT2D eigenvalue weighted by molar-refractivity contribution is 9.09. The van der Waals surface area contributed by atoms with Crippen molar-refractivity contribution in [2.75, 3.05) is 18.5 Å². The van der Waals surface area contributed by atoms with E-state index in [4.69, 9.17) is 4.74 Å². The van der Waals surface area contributed by atoms with Crippen molar-refractivity contribution < 1.29 is 4.74 Å². The van der Waals surface area contributed by atoms with Crippen molar-refractivity contribution in [2.45, 2.75) is 32.6 Å². The van der Waals surface area contributed by atoms with Crippen LogP contribution in [0, 0.1) is 5.41 Å². The number of ether oxygens (including phenoxy) is 1. The largest absolute Gasteiger partial charge is 0.381 e. The quantitative estimate of drug-likeness (QED) is 0.758. The van der Waals surface area contributed by atoms with E-state index in [1.807, 2.05) is 0 Å². The van der Waals surface area contributed by atoms with Crippen molar-refractivity contribution in [1.82, 2.24) is 0 Å². The molecule has 1 fully saturated rings. The molecular weight excluding hydrogens is 276 g/mol. The molecule has 94 valence electrons. The van der Waals surface area contributed by atoms with Crippen molar-refractivity contribution in [1.29, 1.82) is 0 Å². The van der Waals surface area contributed by atoms with Gasteiger partial charge in [-0.15, -0.1) is 0 Å². The molecular formula is C15H21BrO. The Hall–Kier alpha value is -0.340. The summed E-state index contributed by atoms with van der Waals surface area (Å²) in [6.45, 7) is 6.28. The van der Waals surface area contributed by atoms with Crippen LogP contribution in [0.5, 0.6) is 0 Å². The van der Waals surface area contributed by atoms with Crippen LogP contribution in [0.25, 0.3) is 0 Å². The van der Waals surface area contributed by atoms with E-state index in [9.17, 15) is 0 Å². The summed E-state index contributed by atoms with van der Waals surface area (Å²) in [5.74, 6) is 0.615. The standard InChI is InChI=1S/C15H21BrO/c1-12(2)14-5-3-13(4-6-14)9-15(10-16)7-8-17-11-15/h3-6,12H,7-11H2,1-2H3. The van der Waals surface area contributed by atoms with Gasteiger partial charge in [-0.25, -0.2) is 0 Å². The first-order valence-electron chi connectivity index (χ1n) is 6.38. The summed E-state index contributed by atoms with van der Waals surface area (Å²) in [5.41, 5.74) is 3.17. The molecule has 1 aromatic carbocycles. The molecule has 2 rings (SSSR count). The molecule has 0 amide bonds. The van der Waals surface area contributed by atoms with Gasteiger partial charge in [0.05, 0.1) is 6.61 Å². The first-order chi connectivity index (χ1) is 8.15. The van der Waals surface area contributed by atoms with E-state index in [1.54, 1.807) is 0 Å². The van der Waals surface area contributed by atoms with E-state index in [1.165, 1.54) is 17.5 Å². The predicted octanol–water partition coefficient (Wildman–Crippen LogP) is 4.15. The molecule has 1 saturated heterocycles. The Kier molecular flexibility index (Phi) is 4.26. The van der Waals surface area contributed by atoms with Gasteiger partial charge in [0.25, 0.3) is 0 Å². The Labute approximate surface area is 113 Å². The summed E-state index contributed by atoms with van der Waals surface area (Å²) in [7, 11) is 0. The highest BCUT2D eigenvalue weighted by Gasteiger charge is 2.33. The fourth-order valence-corrected chi connectivity index (χ4v) is 3.04. The van der Waals surface area contributed by atoms with E-state index in [0.29, 0.717) is 11.3 Å². The first kappa shape index (κ1) is 13.1. The molecule has 1 aliphatic rings. The van der Waals surface area contributed by atoms with Crippen LogP contribution in [0.4, 0.5) is 0 Å². The second-order valence-corrected chi connectivity index (χ2v) is 6.07. The van der Waals surface area contributed by atoms with E-state index in [-0.39, 0.29) is 0 Å². The van der Waals surface area contributed by atoms with Gasteiger partial charge in [0.15, 0.2) is 0 Å². The van der Waals surface area contributed by atoms with Crippen LogP contribution in [0.3, 0.4) is 0 Å². The van der Waals surface area contributed by atoms with E-state index in [2.05, 4.69) is 54.0 Å². The molecule has 0 bridgehead atoms. The van der Waals surface area contributed by atoms with Crippen LogP contribution < -0.4 is 0 Å². The molecule has 1 heterocycles. The summed E-state index contributed by atoms with van der Waals surface area (Å²) >= 11 is 3.65. The molecule has 1 aromatic rings. The third-order valence-corrected chi connectivity index (χ3v) is 4.88. The SMILES string of the molecule is CC(C)c1ccc(CC2(CBr)CCOC2)cc1. The first-order valence-corrected chi connectivity index (χ1v) is 7.50. The normalized spacial score (nSPS) is 24.5. The second-order valence-electron chi connectivity index (χ2n) is 5.51. The number of hydrogen-bond acceptors (Lipinski definition) is 1. The third-order valence-electron chi connectivity index (χ3n) is 3.69. The van der Waals surface area contributed by atoms with Crippen molar-refractivity contribution in [3.8, 4) is 0 Å². The summed E-state index contributed by atoms with van der Waals surface area (Å²) in [4.78, 5) is 0. The predicted molar refractivity (Wildman–Crippen MR) is 75.9 cm³/mol. The van der Waals surface area contributed by atoms with Gasteiger partial charge in [0.1, 0.15) is 0 Å². The Balaban J connectivity index is 2.07. The lowest BCUT2D eigenvalue weighted by Gasteiger charge is -2.24. The van der Waals surface area contributed by atoms with Gasteiger partial charge in [-0.1, -0.05) is 54.0 Å². The van der Waals surface area contributed by atoms with Crippen LogP contribution in [0.15, 0.2) is 24.3 Å². The van der Waals surface area contributed by atoms with Crippen molar-refractivity contribution >= 4 is 15.9 Å². The lowest BCUT2D eigenvalue weighted by atomic mass is 9.83. The number of benzene rings is 1. The highest BCUT2D eigenvalue weighted by atomic mass is 79.9. The molecule has 0 spiro atoms. The molecule has 1 unspecified atom stereocenters. The van der Waals surface area contributed by atoms with Crippen molar-refractivity contribution in [3.05, 3.63) is 35.4 Å². The summed E-state index contributed by atoms with van der Waals surface area (Å²) in [5, 5.41) is 1.03. The van der Waals surface area contributed by atoms with Crippen LogP contribution in [-0.2, 0) is 11.2 Å². The summed E-state index contributed by atoms with van der Waals surface area (Å²) in [6, 6.07) is 9.08. The number of rotatable bonds is 4. The maximum absolute atomic E-state index is 5.56. The lowest BCUT2D eigenvalue weighted by Crippen LogP contribution is -2.25. The highest BCUT2D eigenvalue weighted by Crippen LogP contribution is 2.34. The lowest BCUT2D eigenvalue weighted by molar-refractivity contribution is 0.162. The Morgan fingerprint density at radius 2 is 2.00 bits per heavy atom. The van der Waals surface area contributed by atoms with Gasteiger partial charge in [0.2, 0.25) is 0 Å². The van der Waals surface area contributed by atoms with E-state index >= 15 is 0 Å². The molecule has 1 nitrogen and oxygen atoms in total. The molecule has 2 heteroatoms. The zero-order chi connectivity index (χ0) is 12.3. The average molecular weight is 297 g/mol. The van der Waals surface area contributed by atoms with Gasteiger partial charge in [-0.05, 0) is 29.9 Å². The van der Waals surface area contributed by atoms with Gasteiger partial charge >= 0.3 is 0 Å². The van der Waals surface area contributed by atoms with Crippen molar-refractivity contribution in [2.24, 2.45) is 5.41 Å². The van der Waals surface area contributed by atoms with E-state index in [0.717, 1.165) is 25.0 Å². The monoisotopic (exact) mass is 296 g/mol. The zero-order valence-corrected chi connectivity index (χ0v) is 12.3. The van der Waals surface area contributed by atoms with Gasteiger partial charge < -0.3 is 4.74 Å². The fraction of sp³-hybridized carbons (Fsp3) is 0.600. The number of hydrogen-bond donors (Lipinski definition) is 0. The molecule has 1 aliphatic heterocycles. The number of alkyl halides is 1. The van der Waals surface area contributed by atoms with Crippen LogP contribution in [0.2, 0.25) is 0 Å². The summed E-state index contributed by atoms with van der Waals surface area (Å²) in [6.07, 6.45) is 2.29. The minimum Gasteiger partial charge on any atom is -0.381 e. The van der Waals surface area contributed by atoms with Crippen molar-refractivity contribution in [3.63, 3.8) is 0 Å². The Morgan fingerprint density at radius 3 is 2.47 bits per heavy atom. The van der Waals surface area contributed by atoms with Crippen LogP contribution >= 0.6 is 15.9 Å². The Morgan fingerprint density at radius 1 is 1.29 bits per heavy atom. The molecule has 0 N–H and O–H groups in total. The average Bonchev–Trinajstić information content (AvgIpc) is 2.79. The minimum atomic E-state index is 0.319. The second kappa shape index (κ2) is 5.53. The van der Waals surface area contributed by atoms with Gasteiger partial charge in [0, 0.05) is 17.4 Å². The molecule has 0 aromatic heterocycles.